The van der Waals surface area contributed by atoms with Crippen LogP contribution in [0.25, 0.3) is 0 Å². The Morgan fingerprint density at radius 1 is 1.62 bits per heavy atom. The van der Waals surface area contributed by atoms with E-state index in [1.54, 1.807) is 4.68 Å². The summed E-state index contributed by atoms with van der Waals surface area (Å²) < 4.78 is 7.20. The van der Waals surface area contributed by atoms with Crippen LogP contribution in [-0.2, 0) is 11.8 Å². The summed E-state index contributed by atoms with van der Waals surface area (Å²) in [4.78, 5) is 0. The van der Waals surface area contributed by atoms with Crippen LogP contribution in [0.1, 0.15) is 24.6 Å². The van der Waals surface area contributed by atoms with Gasteiger partial charge >= 0.3 is 0 Å². The average Bonchev–Trinajstić information content (AvgIpc) is 2.74. The van der Waals surface area contributed by atoms with Crippen LogP contribution in [0.3, 0.4) is 0 Å². The number of aromatic nitrogens is 2. The molecule has 1 aliphatic heterocycles. The third kappa shape index (κ3) is 1.76. The Hall–Kier alpha value is -1.54. The van der Waals surface area contributed by atoms with Crippen molar-refractivity contribution in [2.75, 3.05) is 11.9 Å². The maximum absolute atomic E-state index is 9.08. The number of ether oxygens (including phenoxy) is 1. The van der Waals surface area contributed by atoms with Gasteiger partial charge in [0, 0.05) is 13.7 Å². The molecule has 1 aromatic heterocycles. The first-order valence-corrected chi connectivity index (χ1v) is 5.45. The number of anilines is 1. The SMILES string of the molecule is Cc1nn(C)c(NC2CCOC2C)c1C#N. The molecule has 2 rings (SSSR count). The van der Waals surface area contributed by atoms with Gasteiger partial charge in [-0.15, -0.1) is 0 Å². The molecule has 5 heteroatoms. The van der Waals surface area contributed by atoms with Gasteiger partial charge in [0.1, 0.15) is 17.5 Å². The van der Waals surface area contributed by atoms with Crippen LogP contribution in [-0.4, -0.2) is 28.5 Å². The highest BCUT2D eigenvalue weighted by Gasteiger charge is 2.26. The van der Waals surface area contributed by atoms with Crippen molar-refractivity contribution < 1.29 is 4.74 Å². The first-order chi connectivity index (χ1) is 7.63. The van der Waals surface area contributed by atoms with Gasteiger partial charge in [0.15, 0.2) is 0 Å². The van der Waals surface area contributed by atoms with Crippen molar-refractivity contribution in [2.45, 2.75) is 32.4 Å². The number of rotatable bonds is 2. The normalized spacial score (nSPS) is 24.4. The van der Waals surface area contributed by atoms with Crippen LogP contribution in [0.15, 0.2) is 0 Å². The van der Waals surface area contributed by atoms with Gasteiger partial charge in [-0.05, 0) is 20.3 Å². The smallest absolute Gasteiger partial charge is 0.142 e. The van der Waals surface area contributed by atoms with Crippen LogP contribution in [0.4, 0.5) is 5.82 Å². The lowest BCUT2D eigenvalue weighted by molar-refractivity contribution is 0.121. The zero-order valence-corrected chi connectivity index (χ0v) is 9.82. The first-order valence-electron chi connectivity index (χ1n) is 5.45. The van der Waals surface area contributed by atoms with Gasteiger partial charge in [-0.1, -0.05) is 0 Å². The van der Waals surface area contributed by atoms with Gasteiger partial charge in [-0.3, -0.25) is 4.68 Å². The fourth-order valence-corrected chi connectivity index (χ4v) is 2.05. The first kappa shape index (κ1) is 11.0. The van der Waals surface area contributed by atoms with E-state index < -0.39 is 0 Å². The van der Waals surface area contributed by atoms with Gasteiger partial charge in [-0.25, -0.2) is 0 Å². The molecule has 2 unspecified atom stereocenters. The van der Waals surface area contributed by atoms with E-state index in [2.05, 4.69) is 16.5 Å². The second-order valence-corrected chi connectivity index (χ2v) is 4.16. The Bertz CT molecular complexity index is 432. The fourth-order valence-electron chi connectivity index (χ4n) is 2.05. The second-order valence-electron chi connectivity index (χ2n) is 4.16. The lowest BCUT2D eigenvalue weighted by Gasteiger charge is -2.17. The second kappa shape index (κ2) is 4.14. The zero-order chi connectivity index (χ0) is 11.7. The Labute approximate surface area is 95.0 Å². The summed E-state index contributed by atoms with van der Waals surface area (Å²) in [5, 5.41) is 16.7. The van der Waals surface area contributed by atoms with E-state index in [9.17, 15) is 0 Å². The molecule has 0 aliphatic carbocycles. The maximum Gasteiger partial charge on any atom is 0.142 e. The number of nitrogens with zero attached hydrogens (tertiary/aromatic N) is 3. The van der Waals surface area contributed by atoms with Crippen LogP contribution < -0.4 is 5.32 Å². The molecule has 1 saturated heterocycles. The van der Waals surface area contributed by atoms with Crippen molar-refractivity contribution in [3.05, 3.63) is 11.3 Å². The summed E-state index contributed by atoms with van der Waals surface area (Å²) in [6.07, 6.45) is 1.15. The van der Waals surface area contributed by atoms with Crippen molar-refractivity contribution in [2.24, 2.45) is 7.05 Å². The maximum atomic E-state index is 9.08. The summed E-state index contributed by atoms with van der Waals surface area (Å²) in [7, 11) is 1.84. The minimum atomic E-state index is 0.182. The molecule has 0 aromatic carbocycles. The summed E-state index contributed by atoms with van der Waals surface area (Å²) in [5.41, 5.74) is 1.39. The summed E-state index contributed by atoms with van der Waals surface area (Å²) in [5.74, 6) is 0.794. The lowest BCUT2D eigenvalue weighted by atomic mass is 10.1. The molecular formula is C11H16N4O. The summed E-state index contributed by atoms with van der Waals surface area (Å²) in [6.45, 7) is 4.66. The predicted molar refractivity (Wildman–Crippen MR) is 60.1 cm³/mol. The molecular weight excluding hydrogens is 204 g/mol. The molecule has 0 spiro atoms. The monoisotopic (exact) mass is 220 g/mol. The number of aryl methyl sites for hydroxylation is 2. The molecule has 2 atom stereocenters. The van der Waals surface area contributed by atoms with Crippen LogP contribution >= 0.6 is 0 Å². The topological polar surface area (TPSA) is 62.9 Å². The Balaban J connectivity index is 2.24. The third-order valence-electron chi connectivity index (χ3n) is 3.03. The minimum Gasteiger partial charge on any atom is -0.376 e. The Morgan fingerprint density at radius 2 is 2.38 bits per heavy atom. The number of nitrogens with one attached hydrogen (secondary N) is 1. The highest BCUT2D eigenvalue weighted by Crippen LogP contribution is 2.22. The van der Waals surface area contributed by atoms with Crippen LogP contribution in [0.2, 0.25) is 0 Å². The number of hydrogen-bond acceptors (Lipinski definition) is 4. The molecule has 86 valence electrons. The van der Waals surface area contributed by atoms with Gasteiger partial charge in [0.25, 0.3) is 0 Å². The van der Waals surface area contributed by atoms with Gasteiger partial charge in [0.05, 0.1) is 17.8 Å². The minimum absolute atomic E-state index is 0.182. The highest BCUT2D eigenvalue weighted by molar-refractivity contribution is 5.55. The molecule has 0 amide bonds. The van der Waals surface area contributed by atoms with Crippen molar-refractivity contribution in [1.29, 1.82) is 5.26 Å². The lowest BCUT2D eigenvalue weighted by Crippen LogP contribution is -2.28. The highest BCUT2D eigenvalue weighted by atomic mass is 16.5. The van der Waals surface area contributed by atoms with E-state index in [-0.39, 0.29) is 12.1 Å². The molecule has 0 saturated carbocycles. The number of nitriles is 1. The molecule has 0 radical (unpaired) electrons. The fraction of sp³-hybridized carbons (Fsp3) is 0.636. The molecule has 1 aromatic rings. The van der Waals surface area contributed by atoms with Crippen LogP contribution in [0, 0.1) is 18.3 Å². The van der Waals surface area contributed by atoms with E-state index in [1.807, 2.05) is 20.9 Å². The standard InChI is InChI=1S/C11H16N4O/c1-7-9(6-12)11(15(3)14-7)13-10-4-5-16-8(10)2/h8,10,13H,4-5H2,1-3H3. The number of hydrogen-bond donors (Lipinski definition) is 1. The molecule has 0 bridgehead atoms. The Kier molecular flexibility index (Phi) is 2.84. The molecule has 5 nitrogen and oxygen atoms in total. The summed E-state index contributed by atoms with van der Waals surface area (Å²) >= 11 is 0. The van der Waals surface area contributed by atoms with Gasteiger partial charge in [-0.2, -0.15) is 10.4 Å². The predicted octanol–water partition coefficient (Wildman–Crippen LogP) is 1.19. The Morgan fingerprint density at radius 3 is 2.94 bits per heavy atom. The van der Waals surface area contributed by atoms with E-state index in [0.717, 1.165) is 24.5 Å². The van der Waals surface area contributed by atoms with Crippen molar-refractivity contribution in [3.8, 4) is 6.07 Å². The van der Waals surface area contributed by atoms with E-state index in [1.165, 1.54) is 0 Å². The molecule has 16 heavy (non-hydrogen) atoms. The van der Waals surface area contributed by atoms with E-state index in [0.29, 0.717) is 5.56 Å². The largest absolute Gasteiger partial charge is 0.376 e. The van der Waals surface area contributed by atoms with E-state index in [4.69, 9.17) is 10.00 Å². The summed E-state index contributed by atoms with van der Waals surface area (Å²) in [6, 6.07) is 2.45. The average molecular weight is 220 g/mol. The molecule has 2 heterocycles. The van der Waals surface area contributed by atoms with Crippen molar-refractivity contribution >= 4 is 5.82 Å². The molecule has 1 N–H and O–H groups in total. The molecule has 1 aliphatic rings. The van der Waals surface area contributed by atoms with Crippen molar-refractivity contribution in [1.82, 2.24) is 9.78 Å². The third-order valence-corrected chi connectivity index (χ3v) is 3.03. The quantitative estimate of drug-likeness (QED) is 0.813. The zero-order valence-electron chi connectivity index (χ0n) is 9.82. The van der Waals surface area contributed by atoms with Gasteiger partial charge in [0.2, 0.25) is 0 Å². The van der Waals surface area contributed by atoms with Crippen LogP contribution in [0.5, 0.6) is 0 Å². The van der Waals surface area contributed by atoms with E-state index >= 15 is 0 Å². The van der Waals surface area contributed by atoms with Gasteiger partial charge < -0.3 is 10.1 Å². The molecule has 1 fully saturated rings. The van der Waals surface area contributed by atoms with Crippen molar-refractivity contribution in [3.63, 3.8) is 0 Å².